The lowest BCUT2D eigenvalue weighted by Gasteiger charge is -2.38. The average Bonchev–Trinajstić information content (AvgIpc) is 3.51. The van der Waals surface area contributed by atoms with Crippen LogP contribution in [0.15, 0.2) is 65.1 Å². The standard InChI is InChI=1S/C26H30N6O3/c1-26(2,3)32-24(27-28-29-32)23(22-17-20-11-7-8-12-21(20)35-22)30-13-15-31(16-14-30)25(33)34-18-19-9-5-4-6-10-19/h4-12,17,23H,13-16,18H2,1-3H3. The van der Waals surface area contributed by atoms with Gasteiger partial charge in [-0.1, -0.05) is 48.5 Å². The second kappa shape index (κ2) is 9.50. The number of para-hydroxylation sites is 1. The van der Waals surface area contributed by atoms with E-state index in [4.69, 9.17) is 9.15 Å². The zero-order valence-corrected chi connectivity index (χ0v) is 20.3. The molecular formula is C26H30N6O3. The van der Waals surface area contributed by atoms with Crippen molar-refractivity contribution < 1.29 is 13.9 Å². The largest absolute Gasteiger partial charge is 0.459 e. The summed E-state index contributed by atoms with van der Waals surface area (Å²) in [6, 6.07) is 19.4. The third-order valence-electron chi connectivity index (χ3n) is 6.23. The zero-order valence-electron chi connectivity index (χ0n) is 20.3. The Morgan fingerprint density at radius 1 is 1.03 bits per heavy atom. The molecule has 0 bridgehead atoms. The van der Waals surface area contributed by atoms with Crippen molar-refractivity contribution in [3.8, 4) is 0 Å². The molecule has 1 unspecified atom stereocenters. The molecule has 9 heteroatoms. The molecule has 1 aliphatic heterocycles. The predicted octanol–water partition coefficient (Wildman–Crippen LogP) is 4.22. The molecule has 0 radical (unpaired) electrons. The van der Waals surface area contributed by atoms with E-state index in [1.165, 1.54) is 0 Å². The summed E-state index contributed by atoms with van der Waals surface area (Å²) in [7, 11) is 0. The van der Waals surface area contributed by atoms with E-state index in [-0.39, 0.29) is 24.3 Å². The van der Waals surface area contributed by atoms with E-state index in [9.17, 15) is 4.79 Å². The SMILES string of the molecule is CC(C)(C)n1nnnc1C(c1cc2ccccc2o1)N1CCN(C(=O)OCc2ccccc2)CC1. The summed E-state index contributed by atoms with van der Waals surface area (Å²) in [5.74, 6) is 1.50. The Kier molecular flexibility index (Phi) is 6.25. The lowest BCUT2D eigenvalue weighted by molar-refractivity contribution is 0.0597. The summed E-state index contributed by atoms with van der Waals surface area (Å²) < 4.78 is 13.7. The van der Waals surface area contributed by atoms with Crippen LogP contribution in [0.4, 0.5) is 4.79 Å². The number of carbonyl (C=O) groups is 1. The highest BCUT2D eigenvalue weighted by Crippen LogP contribution is 2.34. The Balaban J connectivity index is 1.35. The van der Waals surface area contributed by atoms with Crippen LogP contribution in [0.1, 0.15) is 44.0 Å². The van der Waals surface area contributed by atoms with Gasteiger partial charge in [0, 0.05) is 31.6 Å². The molecule has 2 aromatic heterocycles. The highest BCUT2D eigenvalue weighted by Gasteiger charge is 2.36. The number of hydrogen-bond acceptors (Lipinski definition) is 7. The summed E-state index contributed by atoms with van der Waals surface area (Å²) >= 11 is 0. The minimum Gasteiger partial charge on any atom is -0.459 e. The summed E-state index contributed by atoms with van der Waals surface area (Å²) in [4.78, 5) is 16.7. The van der Waals surface area contributed by atoms with Crippen molar-refractivity contribution in [1.29, 1.82) is 0 Å². The van der Waals surface area contributed by atoms with Gasteiger partial charge in [0.15, 0.2) is 5.82 Å². The number of furan rings is 1. The number of aromatic nitrogens is 4. The Morgan fingerprint density at radius 2 is 1.74 bits per heavy atom. The number of carbonyl (C=O) groups excluding carboxylic acids is 1. The van der Waals surface area contributed by atoms with Crippen LogP contribution < -0.4 is 0 Å². The van der Waals surface area contributed by atoms with Crippen molar-refractivity contribution in [3.63, 3.8) is 0 Å². The summed E-state index contributed by atoms with van der Waals surface area (Å²) in [5, 5.41) is 13.7. The van der Waals surface area contributed by atoms with Crippen LogP contribution in [0.5, 0.6) is 0 Å². The van der Waals surface area contributed by atoms with Crippen molar-refractivity contribution in [2.75, 3.05) is 26.2 Å². The van der Waals surface area contributed by atoms with Crippen molar-refractivity contribution in [1.82, 2.24) is 30.0 Å². The highest BCUT2D eigenvalue weighted by atomic mass is 16.6. The molecule has 0 spiro atoms. The van der Waals surface area contributed by atoms with Crippen LogP contribution in [0.2, 0.25) is 0 Å². The monoisotopic (exact) mass is 474 g/mol. The van der Waals surface area contributed by atoms with Crippen molar-refractivity contribution in [2.24, 2.45) is 0 Å². The highest BCUT2D eigenvalue weighted by molar-refractivity contribution is 5.78. The van der Waals surface area contributed by atoms with Crippen LogP contribution in [0, 0.1) is 0 Å². The maximum atomic E-state index is 12.7. The molecule has 1 fully saturated rings. The van der Waals surface area contributed by atoms with Crippen LogP contribution in [0.3, 0.4) is 0 Å². The van der Waals surface area contributed by atoms with E-state index in [1.807, 2.05) is 59.3 Å². The van der Waals surface area contributed by atoms with Gasteiger partial charge in [0.1, 0.15) is 24.0 Å². The number of nitrogens with zero attached hydrogens (tertiary/aromatic N) is 6. The van der Waals surface area contributed by atoms with Gasteiger partial charge in [0.25, 0.3) is 0 Å². The number of ether oxygens (including phenoxy) is 1. The minimum absolute atomic E-state index is 0.266. The van der Waals surface area contributed by atoms with E-state index in [0.717, 1.165) is 28.1 Å². The summed E-state index contributed by atoms with van der Waals surface area (Å²) in [6.45, 7) is 8.85. The number of hydrogen-bond donors (Lipinski definition) is 0. The molecule has 1 amide bonds. The van der Waals surface area contributed by atoms with Gasteiger partial charge < -0.3 is 14.1 Å². The van der Waals surface area contributed by atoms with E-state index in [0.29, 0.717) is 26.2 Å². The van der Waals surface area contributed by atoms with Crippen LogP contribution in [-0.2, 0) is 16.9 Å². The zero-order chi connectivity index (χ0) is 24.4. The Labute approximate surface area is 204 Å². The third-order valence-corrected chi connectivity index (χ3v) is 6.23. The fourth-order valence-corrected chi connectivity index (χ4v) is 4.42. The smallest absolute Gasteiger partial charge is 0.410 e. The third kappa shape index (κ3) is 4.90. The molecule has 35 heavy (non-hydrogen) atoms. The molecule has 0 saturated carbocycles. The Bertz CT molecular complexity index is 1250. The summed E-state index contributed by atoms with van der Waals surface area (Å²) in [6.07, 6.45) is -0.298. The van der Waals surface area contributed by atoms with Gasteiger partial charge in [0.2, 0.25) is 0 Å². The topological polar surface area (TPSA) is 89.5 Å². The van der Waals surface area contributed by atoms with Crippen molar-refractivity contribution >= 4 is 17.1 Å². The van der Waals surface area contributed by atoms with Crippen molar-refractivity contribution in [3.05, 3.63) is 77.8 Å². The number of benzene rings is 2. The molecule has 182 valence electrons. The molecule has 9 nitrogen and oxygen atoms in total. The first-order valence-electron chi connectivity index (χ1n) is 11.9. The number of tetrazole rings is 1. The predicted molar refractivity (Wildman–Crippen MR) is 131 cm³/mol. The lowest BCUT2D eigenvalue weighted by atomic mass is 10.1. The number of fused-ring (bicyclic) bond motifs is 1. The molecule has 0 aliphatic carbocycles. The van der Waals surface area contributed by atoms with Crippen molar-refractivity contribution in [2.45, 2.75) is 39.0 Å². The number of amides is 1. The van der Waals surface area contributed by atoms with E-state index in [2.05, 4.69) is 47.3 Å². The van der Waals surface area contributed by atoms with Gasteiger partial charge >= 0.3 is 6.09 Å². The fraction of sp³-hybridized carbons (Fsp3) is 0.385. The quantitative estimate of drug-likeness (QED) is 0.428. The molecule has 3 heterocycles. The second-order valence-corrected chi connectivity index (χ2v) is 9.77. The Hall–Kier alpha value is -3.72. The maximum absolute atomic E-state index is 12.7. The van der Waals surface area contributed by atoms with E-state index in [1.54, 1.807) is 4.90 Å². The number of rotatable bonds is 5. The normalized spacial score (nSPS) is 15.9. The fourth-order valence-electron chi connectivity index (χ4n) is 4.42. The first kappa shape index (κ1) is 23.0. The first-order valence-corrected chi connectivity index (χ1v) is 11.9. The van der Waals surface area contributed by atoms with Gasteiger partial charge in [-0.2, -0.15) is 0 Å². The van der Waals surface area contributed by atoms with Crippen LogP contribution in [0.25, 0.3) is 11.0 Å². The molecule has 1 aliphatic rings. The average molecular weight is 475 g/mol. The van der Waals surface area contributed by atoms with E-state index >= 15 is 0 Å². The van der Waals surface area contributed by atoms with Gasteiger partial charge in [-0.25, -0.2) is 9.48 Å². The second-order valence-electron chi connectivity index (χ2n) is 9.77. The molecule has 0 N–H and O–H groups in total. The maximum Gasteiger partial charge on any atom is 0.410 e. The molecule has 1 saturated heterocycles. The van der Waals surface area contributed by atoms with Gasteiger partial charge in [-0.15, -0.1) is 5.10 Å². The van der Waals surface area contributed by atoms with Crippen LogP contribution >= 0.6 is 0 Å². The molecule has 1 atom stereocenters. The first-order chi connectivity index (χ1) is 16.9. The Morgan fingerprint density at radius 3 is 2.46 bits per heavy atom. The van der Waals surface area contributed by atoms with Gasteiger partial charge in [0.05, 0.1) is 5.54 Å². The minimum atomic E-state index is -0.299. The molecule has 5 rings (SSSR count). The molecule has 4 aromatic rings. The van der Waals surface area contributed by atoms with E-state index < -0.39 is 0 Å². The molecular weight excluding hydrogens is 444 g/mol. The molecule has 2 aromatic carbocycles. The number of piperazine rings is 1. The van der Waals surface area contributed by atoms with Crippen LogP contribution in [-0.4, -0.2) is 62.3 Å². The lowest BCUT2D eigenvalue weighted by Crippen LogP contribution is -2.50. The van der Waals surface area contributed by atoms with Gasteiger partial charge in [-0.3, -0.25) is 4.90 Å². The summed E-state index contributed by atoms with van der Waals surface area (Å²) in [5.41, 5.74) is 1.50. The van der Waals surface area contributed by atoms with Gasteiger partial charge in [-0.05, 0) is 48.9 Å².